The summed E-state index contributed by atoms with van der Waals surface area (Å²) in [6.45, 7) is 5.33. The molecule has 0 aliphatic carbocycles. The van der Waals surface area contributed by atoms with Gasteiger partial charge in [0, 0.05) is 30.9 Å². The number of anilines is 1. The van der Waals surface area contributed by atoms with Crippen LogP contribution in [0, 0.1) is 0 Å². The van der Waals surface area contributed by atoms with E-state index in [2.05, 4.69) is 44.2 Å². The third-order valence-corrected chi connectivity index (χ3v) is 3.56. The molecule has 0 aliphatic heterocycles. The van der Waals surface area contributed by atoms with Crippen LogP contribution in [0.5, 0.6) is 0 Å². The highest BCUT2D eigenvalue weighted by atomic mass is 35.5. The van der Waals surface area contributed by atoms with Gasteiger partial charge in [-0.15, -0.1) is 11.6 Å². The van der Waals surface area contributed by atoms with Gasteiger partial charge in [-0.05, 0) is 29.9 Å². The lowest BCUT2D eigenvalue weighted by Gasteiger charge is -2.20. The molecule has 1 heterocycles. The topological polar surface area (TPSA) is 16.1 Å². The second-order valence-corrected chi connectivity index (χ2v) is 5.71. The Balaban J connectivity index is 2.93. The predicted octanol–water partition coefficient (Wildman–Crippen LogP) is 3.74. The lowest BCUT2D eigenvalue weighted by molar-refractivity contribution is 0.809. The maximum atomic E-state index is 5.93. The second-order valence-electron chi connectivity index (χ2n) is 4.46. The molecule has 0 fully saturated rings. The van der Waals surface area contributed by atoms with Gasteiger partial charge in [0.15, 0.2) is 0 Å². The molecule has 17 heavy (non-hydrogen) atoms. The number of nitrogens with zero attached hydrogens (tertiary/aromatic N) is 2. The third-order valence-electron chi connectivity index (χ3n) is 2.66. The molecule has 0 bridgehead atoms. The molecule has 96 valence electrons. The third kappa shape index (κ3) is 4.40. The number of alkyl halides is 1. The number of hydrogen-bond acceptors (Lipinski definition) is 3. The minimum absolute atomic E-state index is 0.436. The van der Waals surface area contributed by atoms with Crippen molar-refractivity contribution in [1.82, 2.24) is 4.98 Å². The van der Waals surface area contributed by atoms with Crippen molar-refractivity contribution in [3.05, 3.63) is 23.4 Å². The highest BCUT2D eigenvalue weighted by Gasteiger charge is 2.08. The standard InChI is InChI=1S/C13H21ClN2S/c1-10(2)12-7-11(9-14)8-13(15-12)16(3)5-6-17-4/h7-8,10H,5-6,9H2,1-4H3. The van der Waals surface area contributed by atoms with Gasteiger partial charge in [-0.3, -0.25) is 0 Å². The Morgan fingerprint density at radius 3 is 2.65 bits per heavy atom. The molecule has 0 atom stereocenters. The van der Waals surface area contributed by atoms with Crippen LogP contribution in [0.1, 0.15) is 31.0 Å². The number of rotatable bonds is 6. The summed E-state index contributed by atoms with van der Waals surface area (Å²) in [5.74, 6) is 3.12. The summed E-state index contributed by atoms with van der Waals surface area (Å²) in [6.07, 6.45) is 2.12. The maximum absolute atomic E-state index is 5.93. The first-order chi connectivity index (χ1) is 8.08. The van der Waals surface area contributed by atoms with Gasteiger partial charge in [0.1, 0.15) is 5.82 Å². The van der Waals surface area contributed by atoms with E-state index in [9.17, 15) is 0 Å². The number of aromatic nitrogens is 1. The summed E-state index contributed by atoms with van der Waals surface area (Å²) in [6, 6.07) is 4.18. The number of hydrogen-bond donors (Lipinski definition) is 0. The Morgan fingerprint density at radius 1 is 1.41 bits per heavy atom. The number of pyridine rings is 1. The lowest BCUT2D eigenvalue weighted by Crippen LogP contribution is -2.22. The summed E-state index contributed by atoms with van der Waals surface area (Å²) < 4.78 is 0. The smallest absolute Gasteiger partial charge is 0.128 e. The second kappa shape index (κ2) is 7.12. The van der Waals surface area contributed by atoms with Crippen LogP contribution in [-0.4, -0.2) is 30.6 Å². The van der Waals surface area contributed by atoms with Crippen molar-refractivity contribution in [2.24, 2.45) is 0 Å². The minimum atomic E-state index is 0.436. The van der Waals surface area contributed by atoms with E-state index < -0.39 is 0 Å². The Hall–Kier alpha value is -0.410. The van der Waals surface area contributed by atoms with Crippen LogP contribution < -0.4 is 4.90 Å². The highest BCUT2D eigenvalue weighted by molar-refractivity contribution is 7.98. The molecule has 0 unspecified atom stereocenters. The van der Waals surface area contributed by atoms with Crippen molar-refractivity contribution in [3.63, 3.8) is 0 Å². The van der Waals surface area contributed by atoms with Gasteiger partial charge in [-0.2, -0.15) is 11.8 Å². The number of halogens is 1. The van der Waals surface area contributed by atoms with E-state index >= 15 is 0 Å². The zero-order chi connectivity index (χ0) is 12.8. The van der Waals surface area contributed by atoms with Gasteiger partial charge in [-0.25, -0.2) is 4.98 Å². The van der Waals surface area contributed by atoms with E-state index in [1.807, 2.05) is 11.8 Å². The number of thioether (sulfide) groups is 1. The average molecular weight is 273 g/mol. The van der Waals surface area contributed by atoms with Crippen molar-refractivity contribution in [3.8, 4) is 0 Å². The van der Waals surface area contributed by atoms with Crippen LogP contribution in [0.3, 0.4) is 0 Å². The quantitative estimate of drug-likeness (QED) is 0.734. The van der Waals surface area contributed by atoms with Gasteiger partial charge in [0.2, 0.25) is 0 Å². The zero-order valence-electron chi connectivity index (χ0n) is 11.0. The fourth-order valence-corrected chi connectivity index (χ4v) is 2.12. The van der Waals surface area contributed by atoms with Crippen LogP contribution in [0.15, 0.2) is 12.1 Å². The molecule has 0 saturated heterocycles. The molecule has 0 saturated carbocycles. The largest absolute Gasteiger partial charge is 0.359 e. The molecule has 0 aliphatic rings. The minimum Gasteiger partial charge on any atom is -0.359 e. The Bertz CT molecular complexity index is 355. The Morgan fingerprint density at radius 2 is 2.12 bits per heavy atom. The summed E-state index contributed by atoms with van der Waals surface area (Å²) in [4.78, 5) is 6.88. The van der Waals surface area contributed by atoms with Crippen molar-refractivity contribution in [1.29, 1.82) is 0 Å². The van der Waals surface area contributed by atoms with Crippen LogP contribution in [0.4, 0.5) is 5.82 Å². The van der Waals surface area contributed by atoms with E-state index in [0.29, 0.717) is 11.8 Å². The molecule has 1 aromatic heterocycles. The fraction of sp³-hybridized carbons (Fsp3) is 0.615. The monoisotopic (exact) mass is 272 g/mol. The summed E-state index contributed by atoms with van der Waals surface area (Å²) in [5, 5.41) is 0. The van der Waals surface area contributed by atoms with Gasteiger partial charge < -0.3 is 4.90 Å². The van der Waals surface area contributed by atoms with Crippen molar-refractivity contribution < 1.29 is 0 Å². The first kappa shape index (κ1) is 14.7. The molecular weight excluding hydrogens is 252 g/mol. The van der Waals surface area contributed by atoms with Gasteiger partial charge >= 0.3 is 0 Å². The molecule has 2 nitrogen and oxygen atoms in total. The first-order valence-electron chi connectivity index (χ1n) is 5.85. The predicted molar refractivity (Wildman–Crippen MR) is 79.5 cm³/mol. The van der Waals surface area contributed by atoms with E-state index in [1.54, 1.807) is 0 Å². The highest BCUT2D eigenvalue weighted by Crippen LogP contribution is 2.20. The lowest BCUT2D eigenvalue weighted by atomic mass is 10.1. The molecule has 4 heteroatoms. The molecule has 0 amide bonds. The van der Waals surface area contributed by atoms with Crippen LogP contribution >= 0.6 is 23.4 Å². The van der Waals surface area contributed by atoms with Gasteiger partial charge in [0.05, 0.1) is 0 Å². The van der Waals surface area contributed by atoms with Crippen LogP contribution in [-0.2, 0) is 5.88 Å². The molecule has 0 radical (unpaired) electrons. The van der Waals surface area contributed by atoms with Crippen molar-refractivity contribution in [2.75, 3.05) is 30.5 Å². The van der Waals surface area contributed by atoms with Gasteiger partial charge in [-0.1, -0.05) is 13.8 Å². The van der Waals surface area contributed by atoms with Crippen LogP contribution in [0.25, 0.3) is 0 Å². The van der Waals surface area contributed by atoms with Crippen molar-refractivity contribution in [2.45, 2.75) is 25.6 Å². The van der Waals surface area contributed by atoms with E-state index in [0.717, 1.165) is 29.4 Å². The normalized spacial score (nSPS) is 10.9. The summed E-state index contributed by atoms with van der Waals surface area (Å²) >= 11 is 7.78. The summed E-state index contributed by atoms with van der Waals surface area (Å²) in [7, 11) is 2.08. The molecule has 0 aromatic carbocycles. The summed E-state index contributed by atoms with van der Waals surface area (Å²) in [5.41, 5.74) is 2.27. The maximum Gasteiger partial charge on any atom is 0.128 e. The average Bonchev–Trinajstić information content (AvgIpc) is 2.35. The van der Waals surface area contributed by atoms with Crippen LogP contribution in [0.2, 0.25) is 0 Å². The van der Waals surface area contributed by atoms with Gasteiger partial charge in [0.25, 0.3) is 0 Å². The fourth-order valence-electron chi connectivity index (χ4n) is 1.51. The van der Waals surface area contributed by atoms with Crippen molar-refractivity contribution >= 4 is 29.2 Å². The SMILES string of the molecule is CSCCN(C)c1cc(CCl)cc(C(C)C)n1. The van der Waals surface area contributed by atoms with E-state index in [1.165, 1.54) is 0 Å². The molecule has 0 spiro atoms. The Labute approximate surface area is 114 Å². The first-order valence-corrected chi connectivity index (χ1v) is 7.78. The van der Waals surface area contributed by atoms with E-state index in [4.69, 9.17) is 16.6 Å². The molecule has 1 rings (SSSR count). The van der Waals surface area contributed by atoms with E-state index in [-0.39, 0.29) is 0 Å². The zero-order valence-corrected chi connectivity index (χ0v) is 12.6. The molecule has 0 N–H and O–H groups in total. The molecule has 1 aromatic rings. The Kier molecular flexibility index (Phi) is 6.14. The molecular formula is C13H21ClN2S.